The van der Waals surface area contributed by atoms with Crippen LogP contribution in [0.1, 0.15) is 5.56 Å². The van der Waals surface area contributed by atoms with Crippen molar-refractivity contribution in [3.8, 4) is 6.07 Å². The molecule has 0 radical (unpaired) electrons. The largest absolute Gasteiger partial charge is 0.304 e. The maximum Gasteiger partial charge on any atom is 0.143 e. The average molecular weight is 252 g/mol. The van der Waals surface area contributed by atoms with Crippen LogP contribution in [0.5, 0.6) is 0 Å². The third-order valence-corrected chi connectivity index (χ3v) is 2.89. The highest BCUT2D eigenvalue weighted by Crippen LogP contribution is 2.14. The quantitative estimate of drug-likeness (QED) is 0.800. The smallest absolute Gasteiger partial charge is 0.143 e. The standard InChI is InChI=1S/C11H14ClN5/c1-16-2-4-17(5-3-16)15-11-7-9(8-13)6-10(12)14-11/h6-7H,2-5H2,1H3,(H,14,15). The summed E-state index contributed by atoms with van der Waals surface area (Å²) < 4.78 is 0. The molecular weight excluding hydrogens is 238 g/mol. The van der Waals surface area contributed by atoms with Crippen molar-refractivity contribution >= 4 is 17.4 Å². The van der Waals surface area contributed by atoms with Gasteiger partial charge in [0, 0.05) is 26.2 Å². The first-order valence-electron chi connectivity index (χ1n) is 5.45. The molecule has 0 aromatic carbocycles. The summed E-state index contributed by atoms with van der Waals surface area (Å²) in [7, 11) is 2.10. The lowest BCUT2D eigenvalue weighted by Gasteiger charge is -2.32. The van der Waals surface area contributed by atoms with Crippen LogP contribution in [0.15, 0.2) is 12.1 Å². The van der Waals surface area contributed by atoms with Crippen molar-refractivity contribution in [2.75, 3.05) is 38.7 Å². The highest BCUT2D eigenvalue weighted by atomic mass is 35.5. The zero-order chi connectivity index (χ0) is 12.3. The molecule has 2 heterocycles. The minimum atomic E-state index is 0.334. The summed E-state index contributed by atoms with van der Waals surface area (Å²) in [5.74, 6) is 0.624. The molecule has 0 aliphatic carbocycles. The van der Waals surface area contributed by atoms with E-state index >= 15 is 0 Å². The minimum Gasteiger partial charge on any atom is -0.304 e. The SMILES string of the molecule is CN1CCN(Nc2cc(C#N)cc(Cl)n2)CC1. The Labute approximate surface area is 106 Å². The van der Waals surface area contributed by atoms with Gasteiger partial charge in [-0.3, -0.25) is 0 Å². The Balaban J connectivity index is 2.03. The number of likely N-dealkylation sites (N-methyl/N-ethyl adjacent to an activating group) is 1. The van der Waals surface area contributed by atoms with Crippen molar-refractivity contribution in [1.29, 1.82) is 5.26 Å². The third-order valence-electron chi connectivity index (χ3n) is 2.70. The lowest BCUT2D eigenvalue weighted by atomic mass is 10.3. The van der Waals surface area contributed by atoms with E-state index in [-0.39, 0.29) is 0 Å². The van der Waals surface area contributed by atoms with Gasteiger partial charge in [0.15, 0.2) is 0 Å². The number of rotatable bonds is 2. The van der Waals surface area contributed by atoms with Gasteiger partial charge in [-0.05, 0) is 19.2 Å². The number of hydrazine groups is 1. The molecule has 0 amide bonds. The summed E-state index contributed by atoms with van der Waals surface area (Å²) >= 11 is 5.84. The summed E-state index contributed by atoms with van der Waals surface area (Å²) in [4.78, 5) is 6.41. The monoisotopic (exact) mass is 251 g/mol. The van der Waals surface area contributed by atoms with Crippen LogP contribution in [0, 0.1) is 11.3 Å². The fourth-order valence-corrected chi connectivity index (χ4v) is 1.91. The predicted octanol–water partition coefficient (Wildman–Crippen LogP) is 1.18. The second kappa shape index (κ2) is 5.32. The number of pyridine rings is 1. The van der Waals surface area contributed by atoms with E-state index in [0.717, 1.165) is 26.2 Å². The molecule has 1 N–H and O–H groups in total. The van der Waals surface area contributed by atoms with Crippen molar-refractivity contribution in [1.82, 2.24) is 14.9 Å². The molecular formula is C11H14ClN5. The average Bonchev–Trinajstić information content (AvgIpc) is 2.31. The zero-order valence-electron chi connectivity index (χ0n) is 9.65. The van der Waals surface area contributed by atoms with Gasteiger partial charge in [0.25, 0.3) is 0 Å². The Bertz CT molecular complexity index is 434. The van der Waals surface area contributed by atoms with Gasteiger partial charge in [-0.15, -0.1) is 0 Å². The van der Waals surface area contributed by atoms with E-state index in [4.69, 9.17) is 16.9 Å². The molecule has 0 atom stereocenters. The van der Waals surface area contributed by atoms with Gasteiger partial charge >= 0.3 is 0 Å². The topological polar surface area (TPSA) is 55.2 Å². The van der Waals surface area contributed by atoms with Gasteiger partial charge in [0.1, 0.15) is 11.0 Å². The van der Waals surface area contributed by atoms with Crippen molar-refractivity contribution in [2.45, 2.75) is 0 Å². The van der Waals surface area contributed by atoms with Gasteiger partial charge in [0.05, 0.1) is 11.6 Å². The Morgan fingerprint density at radius 1 is 1.35 bits per heavy atom. The minimum absolute atomic E-state index is 0.334. The zero-order valence-corrected chi connectivity index (χ0v) is 10.4. The van der Waals surface area contributed by atoms with Crippen LogP contribution in [0.25, 0.3) is 0 Å². The molecule has 6 heteroatoms. The third kappa shape index (κ3) is 3.30. The number of hydrogen-bond donors (Lipinski definition) is 1. The van der Waals surface area contributed by atoms with Crippen molar-refractivity contribution < 1.29 is 0 Å². The van der Waals surface area contributed by atoms with E-state index in [2.05, 4.69) is 33.4 Å². The number of nitrogens with one attached hydrogen (secondary N) is 1. The van der Waals surface area contributed by atoms with Crippen LogP contribution < -0.4 is 5.43 Å². The molecule has 1 saturated heterocycles. The van der Waals surface area contributed by atoms with Gasteiger partial charge < -0.3 is 10.3 Å². The number of piperazine rings is 1. The molecule has 17 heavy (non-hydrogen) atoms. The number of aromatic nitrogens is 1. The number of halogens is 1. The summed E-state index contributed by atoms with van der Waals surface area (Å²) in [5.41, 5.74) is 3.69. The molecule has 0 unspecified atom stereocenters. The Morgan fingerprint density at radius 2 is 2.06 bits per heavy atom. The Kier molecular flexibility index (Phi) is 3.79. The van der Waals surface area contributed by atoms with E-state index in [9.17, 15) is 0 Å². The van der Waals surface area contributed by atoms with Gasteiger partial charge in [-0.1, -0.05) is 11.6 Å². The maximum atomic E-state index is 8.84. The van der Waals surface area contributed by atoms with E-state index in [1.165, 1.54) is 0 Å². The Morgan fingerprint density at radius 3 is 2.71 bits per heavy atom. The van der Waals surface area contributed by atoms with Crippen LogP contribution in [0.3, 0.4) is 0 Å². The van der Waals surface area contributed by atoms with Crippen LogP contribution >= 0.6 is 11.6 Å². The molecule has 1 aliphatic heterocycles. The van der Waals surface area contributed by atoms with Crippen LogP contribution in [0.2, 0.25) is 5.15 Å². The molecule has 2 rings (SSSR count). The van der Waals surface area contributed by atoms with Gasteiger partial charge in [-0.2, -0.15) is 5.26 Å². The van der Waals surface area contributed by atoms with Crippen LogP contribution in [-0.4, -0.2) is 48.1 Å². The summed E-state index contributed by atoms with van der Waals surface area (Å²) in [5, 5.41) is 11.3. The highest BCUT2D eigenvalue weighted by Gasteiger charge is 2.14. The second-order valence-electron chi connectivity index (χ2n) is 4.08. The van der Waals surface area contributed by atoms with Crippen molar-refractivity contribution in [3.63, 3.8) is 0 Å². The lowest BCUT2D eigenvalue weighted by molar-refractivity contribution is 0.178. The van der Waals surface area contributed by atoms with E-state index in [1.807, 2.05) is 0 Å². The molecule has 5 nitrogen and oxygen atoms in total. The molecule has 0 saturated carbocycles. The first-order chi connectivity index (χ1) is 8.17. The normalized spacial score (nSPS) is 17.7. The van der Waals surface area contributed by atoms with E-state index in [1.54, 1.807) is 12.1 Å². The van der Waals surface area contributed by atoms with Crippen LogP contribution in [0.4, 0.5) is 5.82 Å². The highest BCUT2D eigenvalue weighted by molar-refractivity contribution is 6.29. The first kappa shape index (κ1) is 12.1. The molecule has 1 aromatic heterocycles. The maximum absolute atomic E-state index is 8.84. The van der Waals surface area contributed by atoms with E-state index < -0.39 is 0 Å². The number of nitrogens with zero attached hydrogens (tertiary/aromatic N) is 4. The van der Waals surface area contributed by atoms with E-state index in [0.29, 0.717) is 16.5 Å². The first-order valence-corrected chi connectivity index (χ1v) is 5.83. The lowest BCUT2D eigenvalue weighted by Crippen LogP contribution is -2.47. The summed E-state index contributed by atoms with van der Waals surface area (Å²) in [6.45, 7) is 3.87. The van der Waals surface area contributed by atoms with Crippen molar-refractivity contribution in [2.24, 2.45) is 0 Å². The number of anilines is 1. The van der Waals surface area contributed by atoms with Gasteiger partial charge in [0.2, 0.25) is 0 Å². The molecule has 0 spiro atoms. The second-order valence-corrected chi connectivity index (χ2v) is 4.46. The van der Waals surface area contributed by atoms with Crippen molar-refractivity contribution in [3.05, 3.63) is 22.8 Å². The summed E-state index contributed by atoms with van der Waals surface area (Å²) in [6, 6.07) is 5.31. The fraction of sp³-hybridized carbons (Fsp3) is 0.455. The molecule has 90 valence electrons. The molecule has 0 bridgehead atoms. The molecule has 1 aromatic rings. The summed E-state index contributed by atoms with van der Waals surface area (Å²) in [6.07, 6.45) is 0. The number of hydrogen-bond acceptors (Lipinski definition) is 5. The van der Waals surface area contributed by atoms with Crippen LogP contribution in [-0.2, 0) is 0 Å². The molecule has 1 fully saturated rings. The number of nitriles is 1. The molecule has 1 aliphatic rings. The predicted molar refractivity (Wildman–Crippen MR) is 66.7 cm³/mol. The fourth-order valence-electron chi connectivity index (χ4n) is 1.70. The van der Waals surface area contributed by atoms with Gasteiger partial charge in [-0.25, -0.2) is 9.99 Å². The Hall–Kier alpha value is -1.35.